The summed E-state index contributed by atoms with van der Waals surface area (Å²) in [7, 11) is 2.07. The molecule has 4 aromatic rings. The van der Waals surface area contributed by atoms with Gasteiger partial charge >= 0.3 is 0 Å². The van der Waals surface area contributed by atoms with E-state index >= 15 is 0 Å². The van der Waals surface area contributed by atoms with Crippen LogP contribution in [0.4, 0.5) is 14.6 Å². The Hall–Kier alpha value is -3.59. The van der Waals surface area contributed by atoms with Crippen molar-refractivity contribution in [1.82, 2.24) is 24.8 Å². The molecule has 35 heavy (non-hydrogen) atoms. The van der Waals surface area contributed by atoms with E-state index in [-0.39, 0.29) is 0 Å². The summed E-state index contributed by atoms with van der Waals surface area (Å²) in [6.45, 7) is 5.90. The molecule has 0 amide bonds. The Kier molecular flexibility index (Phi) is 5.56. The van der Waals surface area contributed by atoms with Crippen molar-refractivity contribution in [3.63, 3.8) is 0 Å². The molecule has 1 saturated heterocycles. The number of benzene rings is 2. The van der Waals surface area contributed by atoms with Gasteiger partial charge in [0.15, 0.2) is 17.5 Å². The Morgan fingerprint density at radius 2 is 1.86 bits per heavy atom. The molecule has 4 heterocycles. The maximum atomic E-state index is 13.5. The molecular formula is C26H27F2N7. The van der Waals surface area contributed by atoms with Crippen LogP contribution in [0.15, 0.2) is 47.7 Å². The van der Waals surface area contributed by atoms with Gasteiger partial charge < -0.3 is 14.8 Å². The summed E-state index contributed by atoms with van der Waals surface area (Å²) in [5.41, 5.74) is 4.98. The lowest BCUT2D eigenvalue weighted by atomic mass is 10.1. The van der Waals surface area contributed by atoms with E-state index in [9.17, 15) is 8.78 Å². The molecule has 180 valence electrons. The van der Waals surface area contributed by atoms with E-state index in [0.717, 1.165) is 90.5 Å². The fourth-order valence-corrected chi connectivity index (χ4v) is 5.22. The number of aliphatic imine (C=N–C) groups is 1. The van der Waals surface area contributed by atoms with Gasteiger partial charge in [-0.25, -0.2) is 18.7 Å². The van der Waals surface area contributed by atoms with Crippen molar-refractivity contribution in [1.29, 1.82) is 0 Å². The van der Waals surface area contributed by atoms with Crippen LogP contribution >= 0.6 is 0 Å². The summed E-state index contributed by atoms with van der Waals surface area (Å²) in [6, 6.07) is 10.4. The summed E-state index contributed by atoms with van der Waals surface area (Å²) < 4.78 is 28.9. The number of halogens is 2. The number of amidine groups is 1. The number of hydrogen-bond donors (Lipinski definition) is 1. The van der Waals surface area contributed by atoms with E-state index in [1.807, 2.05) is 0 Å². The normalized spacial score (nSPS) is 16.8. The summed E-state index contributed by atoms with van der Waals surface area (Å²) in [4.78, 5) is 18.7. The minimum Gasteiger partial charge on any atom is -0.368 e. The minimum absolute atomic E-state index is 0.693. The molecule has 6 rings (SSSR count). The monoisotopic (exact) mass is 475 g/mol. The third kappa shape index (κ3) is 3.89. The molecule has 2 aliphatic heterocycles. The highest BCUT2D eigenvalue weighted by Gasteiger charge is 2.24. The smallest absolute Gasteiger partial charge is 0.159 e. The van der Waals surface area contributed by atoms with Crippen LogP contribution in [0.25, 0.3) is 21.9 Å². The van der Waals surface area contributed by atoms with Gasteiger partial charge in [-0.05, 0) is 30.2 Å². The van der Waals surface area contributed by atoms with E-state index in [1.165, 1.54) is 12.1 Å². The molecule has 0 unspecified atom stereocenters. The lowest BCUT2D eigenvalue weighted by molar-refractivity contribution is 0.260. The van der Waals surface area contributed by atoms with Crippen LogP contribution < -0.4 is 10.2 Å². The Balaban J connectivity index is 1.24. The Labute approximate surface area is 202 Å². The molecule has 0 atom stereocenters. The van der Waals surface area contributed by atoms with Crippen LogP contribution in [-0.4, -0.2) is 71.1 Å². The molecule has 7 nitrogen and oxygen atoms in total. The largest absolute Gasteiger partial charge is 0.368 e. The average molecular weight is 476 g/mol. The van der Waals surface area contributed by atoms with Gasteiger partial charge in [0.1, 0.15) is 23.2 Å². The number of aryl methyl sites for hydroxylation is 1. The first kappa shape index (κ1) is 21.9. The molecule has 0 saturated carbocycles. The number of fused-ring (bicyclic) bond motifs is 3. The molecule has 9 heteroatoms. The fraction of sp³-hybridized carbons (Fsp3) is 0.346. The lowest BCUT2D eigenvalue weighted by Crippen LogP contribution is -2.47. The number of nitrogens with zero attached hydrogens (tertiary/aromatic N) is 6. The zero-order valence-corrected chi connectivity index (χ0v) is 19.6. The van der Waals surface area contributed by atoms with E-state index in [1.54, 1.807) is 12.4 Å². The maximum absolute atomic E-state index is 13.5. The SMILES string of the molecule is Cn1c2cccc(C3=NCCN3)c2c2ncnc(N3CCN(CCc4ccc(F)c(F)c4)CC3)c21. The van der Waals surface area contributed by atoms with Crippen molar-refractivity contribution < 1.29 is 8.78 Å². The van der Waals surface area contributed by atoms with Crippen LogP contribution in [0.5, 0.6) is 0 Å². The number of aromatic nitrogens is 3. The first-order chi connectivity index (χ1) is 17.1. The van der Waals surface area contributed by atoms with Gasteiger partial charge in [0, 0.05) is 57.3 Å². The van der Waals surface area contributed by atoms with Crippen LogP contribution in [0.2, 0.25) is 0 Å². The van der Waals surface area contributed by atoms with Crippen LogP contribution in [-0.2, 0) is 13.5 Å². The lowest BCUT2D eigenvalue weighted by Gasteiger charge is -2.35. The number of rotatable bonds is 5. The molecular weight excluding hydrogens is 448 g/mol. The van der Waals surface area contributed by atoms with Crippen molar-refractivity contribution >= 4 is 33.6 Å². The summed E-state index contributed by atoms with van der Waals surface area (Å²) in [5, 5.41) is 4.50. The van der Waals surface area contributed by atoms with Crippen molar-refractivity contribution in [3.8, 4) is 0 Å². The fourth-order valence-electron chi connectivity index (χ4n) is 5.22. The Bertz CT molecular complexity index is 1440. The molecule has 1 N–H and O–H groups in total. The first-order valence-corrected chi connectivity index (χ1v) is 12.0. The van der Waals surface area contributed by atoms with Gasteiger partial charge in [0.2, 0.25) is 0 Å². The van der Waals surface area contributed by atoms with Crippen molar-refractivity contribution in [2.24, 2.45) is 12.0 Å². The zero-order chi connectivity index (χ0) is 23.9. The van der Waals surface area contributed by atoms with Crippen molar-refractivity contribution in [2.45, 2.75) is 6.42 Å². The average Bonchev–Trinajstić information content (AvgIpc) is 3.52. The van der Waals surface area contributed by atoms with E-state index < -0.39 is 11.6 Å². The van der Waals surface area contributed by atoms with E-state index in [4.69, 9.17) is 9.97 Å². The highest BCUT2D eigenvalue weighted by atomic mass is 19.2. The molecule has 2 aliphatic rings. The van der Waals surface area contributed by atoms with Gasteiger partial charge in [0.25, 0.3) is 0 Å². The summed E-state index contributed by atoms with van der Waals surface area (Å²) in [6.07, 6.45) is 2.35. The molecule has 1 fully saturated rings. The predicted octanol–water partition coefficient (Wildman–Crippen LogP) is 3.11. The van der Waals surface area contributed by atoms with Crippen molar-refractivity contribution in [2.75, 3.05) is 50.7 Å². The maximum Gasteiger partial charge on any atom is 0.159 e. The van der Waals surface area contributed by atoms with E-state index in [0.29, 0.717) is 6.42 Å². The van der Waals surface area contributed by atoms with Gasteiger partial charge in [-0.2, -0.15) is 0 Å². The Morgan fingerprint density at radius 3 is 2.63 bits per heavy atom. The zero-order valence-electron chi connectivity index (χ0n) is 19.6. The van der Waals surface area contributed by atoms with Gasteiger partial charge in [-0.1, -0.05) is 18.2 Å². The third-order valence-electron chi connectivity index (χ3n) is 7.08. The molecule has 0 aliphatic carbocycles. The second-order valence-electron chi connectivity index (χ2n) is 9.14. The minimum atomic E-state index is -0.800. The molecule has 2 aromatic carbocycles. The van der Waals surface area contributed by atoms with Crippen LogP contribution in [0.1, 0.15) is 11.1 Å². The first-order valence-electron chi connectivity index (χ1n) is 12.0. The quantitative estimate of drug-likeness (QED) is 0.481. The number of nitrogens with one attached hydrogen (secondary N) is 1. The van der Waals surface area contributed by atoms with Crippen molar-refractivity contribution in [3.05, 3.63) is 65.5 Å². The van der Waals surface area contributed by atoms with Gasteiger partial charge in [-0.15, -0.1) is 0 Å². The topological polar surface area (TPSA) is 61.6 Å². The molecule has 0 bridgehead atoms. The molecule has 0 radical (unpaired) electrons. The van der Waals surface area contributed by atoms with Crippen LogP contribution in [0, 0.1) is 11.6 Å². The van der Waals surface area contributed by atoms with Crippen LogP contribution in [0.3, 0.4) is 0 Å². The number of piperazine rings is 1. The third-order valence-corrected chi connectivity index (χ3v) is 7.08. The standard InChI is InChI=1S/C26H27F2N7/c1-33-21-4-2-3-18(25-29-8-9-30-25)22(21)23-24(33)26(32-16-31-23)35-13-11-34(12-14-35)10-7-17-5-6-19(27)20(28)15-17/h2-6,15-16H,7-14H2,1H3,(H,29,30). The number of anilines is 1. The second-order valence-corrected chi connectivity index (χ2v) is 9.14. The molecule has 0 spiro atoms. The Morgan fingerprint density at radius 1 is 1.00 bits per heavy atom. The summed E-state index contributed by atoms with van der Waals surface area (Å²) in [5.74, 6) is 0.291. The highest BCUT2D eigenvalue weighted by molar-refractivity contribution is 6.19. The van der Waals surface area contributed by atoms with E-state index in [2.05, 4.69) is 49.9 Å². The molecule has 2 aromatic heterocycles. The van der Waals surface area contributed by atoms with Gasteiger partial charge in [-0.3, -0.25) is 9.89 Å². The number of hydrogen-bond acceptors (Lipinski definition) is 6. The van der Waals surface area contributed by atoms with Gasteiger partial charge in [0.05, 0.1) is 12.1 Å². The summed E-state index contributed by atoms with van der Waals surface area (Å²) >= 11 is 0. The highest BCUT2D eigenvalue weighted by Crippen LogP contribution is 2.34. The second kappa shape index (κ2) is 8.88. The predicted molar refractivity (Wildman–Crippen MR) is 134 cm³/mol.